The van der Waals surface area contributed by atoms with Gasteiger partial charge in [0.25, 0.3) is 5.91 Å². The fraction of sp³-hybridized carbons (Fsp3) is 0.217. The van der Waals surface area contributed by atoms with Gasteiger partial charge < -0.3 is 4.74 Å². The number of halogens is 1. The Bertz CT molecular complexity index is 987. The molecule has 5 heteroatoms. The molecule has 2 aromatic rings. The van der Waals surface area contributed by atoms with Crippen molar-refractivity contribution in [3.05, 3.63) is 81.0 Å². The average Bonchev–Trinajstić information content (AvgIpc) is 2.91. The number of carbonyl (C=O) groups is 2. The molecule has 1 aliphatic rings. The molecule has 0 aliphatic carbocycles. The van der Waals surface area contributed by atoms with Gasteiger partial charge in [0, 0.05) is 10.2 Å². The van der Waals surface area contributed by atoms with E-state index < -0.39 is 5.97 Å². The largest absolute Gasteiger partial charge is 0.465 e. The second-order valence-electron chi connectivity index (χ2n) is 6.95. The van der Waals surface area contributed by atoms with Crippen LogP contribution in [0.1, 0.15) is 37.8 Å². The molecule has 0 aromatic heterocycles. The second-order valence-corrected chi connectivity index (χ2v) is 7.87. The minimum absolute atomic E-state index is 0.246. The van der Waals surface area contributed by atoms with E-state index in [1.54, 1.807) is 17.9 Å². The standard InChI is InChI=1S/C23H22BrNO3/c1-14(2)17-10-8-16(9-11-17)12-20-21(23(27)28-4)15(3)25(22(20)26)19-7-5-6-18(24)13-19/h5-14H,1-4H3/b20-12-. The third-order valence-corrected chi connectivity index (χ3v) is 5.26. The monoisotopic (exact) mass is 439 g/mol. The van der Waals surface area contributed by atoms with Crippen LogP contribution in [0.2, 0.25) is 0 Å². The summed E-state index contributed by atoms with van der Waals surface area (Å²) >= 11 is 3.43. The summed E-state index contributed by atoms with van der Waals surface area (Å²) in [5, 5.41) is 0. The van der Waals surface area contributed by atoms with Gasteiger partial charge in [-0.3, -0.25) is 9.69 Å². The molecule has 0 saturated carbocycles. The summed E-state index contributed by atoms with van der Waals surface area (Å²) in [4.78, 5) is 27.2. The van der Waals surface area contributed by atoms with E-state index in [9.17, 15) is 9.59 Å². The molecular formula is C23H22BrNO3. The molecule has 0 spiro atoms. The number of anilines is 1. The molecule has 1 heterocycles. The van der Waals surface area contributed by atoms with Gasteiger partial charge in [-0.1, -0.05) is 60.1 Å². The van der Waals surface area contributed by atoms with Crippen LogP contribution in [0.3, 0.4) is 0 Å². The maximum atomic E-state index is 13.2. The first kappa shape index (κ1) is 20.1. The smallest absolute Gasteiger partial charge is 0.340 e. The number of hydrogen-bond donors (Lipinski definition) is 0. The zero-order valence-corrected chi connectivity index (χ0v) is 17.9. The van der Waals surface area contributed by atoms with E-state index in [2.05, 4.69) is 29.8 Å². The van der Waals surface area contributed by atoms with E-state index in [4.69, 9.17) is 4.74 Å². The van der Waals surface area contributed by atoms with Gasteiger partial charge in [-0.05, 0) is 48.2 Å². The van der Waals surface area contributed by atoms with Crippen LogP contribution in [0.15, 0.2) is 69.8 Å². The first-order valence-corrected chi connectivity index (χ1v) is 9.84. The molecule has 1 aliphatic heterocycles. The third-order valence-electron chi connectivity index (χ3n) is 4.77. The average molecular weight is 440 g/mol. The number of benzene rings is 2. The molecule has 28 heavy (non-hydrogen) atoms. The van der Waals surface area contributed by atoms with Gasteiger partial charge in [-0.15, -0.1) is 0 Å². The van der Waals surface area contributed by atoms with Crippen LogP contribution in [0.25, 0.3) is 6.08 Å². The first-order chi connectivity index (χ1) is 13.3. The Kier molecular flexibility index (Phi) is 5.84. The quantitative estimate of drug-likeness (QED) is 0.469. The molecule has 2 aromatic carbocycles. The maximum Gasteiger partial charge on any atom is 0.340 e. The summed E-state index contributed by atoms with van der Waals surface area (Å²) in [6.45, 7) is 6.02. The van der Waals surface area contributed by atoms with Gasteiger partial charge in [0.2, 0.25) is 0 Å². The molecule has 0 bridgehead atoms. The topological polar surface area (TPSA) is 46.6 Å². The van der Waals surface area contributed by atoms with Crippen LogP contribution in [-0.4, -0.2) is 19.0 Å². The van der Waals surface area contributed by atoms with Crippen LogP contribution in [0.4, 0.5) is 5.69 Å². The molecule has 0 N–H and O–H groups in total. The summed E-state index contributed by atoms with van der Waals surface area (Å²) in [6.07, 6.45) is 1.75. The Morgan fingerprint density at radius 1 is 1.14 bits per heavy atom. The van der Waals surface area contributed by atoms with Crippen LogP contribution in [-0.2, 0) is 14.3 Å². The summed E-state index contributed by atoms with van der Waals surface area (Å²) in [5.41, 5.74) is 3.95. The van der Waals surface area contributed by atoms with Crippen molar-refractivity contribution >= 4 is 39.6 Å². The lowest BCUT2D eigenvalue weighted by molar-refractivity contribution is -0.136. The van der Waals surface area contributed by atoms with E-state index >= 15 is 0 Å². The van der Waals surface area contributed by atoms with Crippen LogP contribution >= 0.6 is 15.9 Å². The molecule has 0 fully saturated rings. The van der Waals surface area contributed by atoms with Crippen LogP contribution < -0.4 is 4.90 Å². The Morgan fingerprint density at radius 2 is 1.82 bits per heavy atom. The van der Waals surface area contributed by atoms with E-state index in [1.165, 1.54) is 12.7 Å². The molecular weight excluding hydrogens is 418 g/mol. The van der Waals surface area contributed by atoms with Gasteiger partial charge >= 0.3 is 5.97 Å². The Balaban J connectivity index is 2.09. The molecule has 3 rings (SSSR count). The zero-order chi connectivity index (χ0) is 20.4. The van der Waals surface area contributed by atoms with Crippen molar-refractivity contribution in [2.24, 2.45) is 0 Å². The van der Waals surface area contributed by atoms with E-state index in [0.717, 1.165) is 10.0 Å². The van der Waals surface area contributed by atoms with Crippen LogP contribution in [0.5, 0.6) is 0 Å². The second kappa shape index (κ2) is 8.15. The molecule has 4 nitrogen and oxygen atoms in total. The van der Waals surface area contributed by atoms with E-state index in [1.807, 2.05) is 48.5 Å². The summed E-state index contributed by atoms with van der Waals surface area (Å²) < 4.78 is 5.81. The van der Waals surface area contributed by atoms with Gasteiger partial charge in [-0.25, -0.2) is 4.79 Å². The number of amides is 1. The van der Waals surface area contributed by atoms with Crippen molar-refractivity contribution in [2.45, 2.75) is 26.7 Å². The van der Waals surface area contributed by atoms with Crippen molar-refractivity contribution < 1.29 is 14.3 Å². The molecule has 0 atom stereocenters. The minimum atomic E-state index is -0.520. The number of ether oxygens (including phenoxy) is 1. The van der Waals surface area contributed by atoms with Crippen molar-refractivity contribution in [1.82, 2.24) is 0 Å². The molecule has 1 amide bonds. The number of rotatable bonds is 4. The van der Waals surface area contributed by atoms with Crippen molar-refractivity contribution in [2.75, 3.05) is 12.0 Å². The summed E-state index contributed by atoms with van der Waals surface area (Å²) in [6, 6.07) is 15.4. The Morgan fingerprint density at radius 3 is 2.39 bits per heavy atom. The first-order valence-electron chi connectivity index (χ1n) is 9.04. The summed E-state index contributed by atoms with van der Waals surface area (Å²) in [7, 11) is 1.32. The SMILES string of the molecule is COC(=O)C1=C(C)N(c2cccc(Br)c2)C(=O)/C1=C\c1ccc(C(C)C)cc1. The van der Waals surface area contributed by atoms with E-state index in [0.29, 0.717) is 28.4 Å². The van der Waals surface area contributed by atoms with E-state index in [-0.39, 0.29) is 5.91 Å². The van der Waals surface area contributed by atoms with Gasteiger partial charge in [0.1, 0.15) is 0 Å². The Hall–Kier alpha value is -2.66. The zero-order valence-electron chi connectivity index (χ0n) is 16.3. The minimum Gasteiger partial charge on any atom is -0.465 e. The predicted octanol–water partition coefficient (Wildman–Crippen LogP) is 5.45. The van der Waals surface area contributed by atoms with Gasteiger partial charge in [0.05, 0.1) is 23.9 Å². The molecule has 0 radical (unpaired) electrons. The van der Waals surface area contributed by atoms with Crippen molar-refractivity contribution in [3.63, 3.8) is 0 Å². The fourth-order valence-corrected chi connectivity index (χ4v) is 3.64. The van der Waals surface area contributed by atoms with Crippen molar-refractivity contribution in [3.8, 4) is 0 Å². The molecule has 144 valence electrons. The Labute approximate surface area is 173 Å². The highest BCUT2D eigenvalue weighted by molar-refractivity contribution is 9.10. The molecule has 0 unspecified atom stereocenters. The third kappa shape index (κ3) is 3.80. The molecule has 0 saturated heterocycles. The van der Waals surface area contributed by atoms with Crippen molar-refractivity contribution in [1.29, 1.82) is 0 Å². The highest BCUT2D eigenvalue weighted by Gasteiger charge is 2.37. The highest BCUT2D eigenvalue weighted by atomic mass is 79.9. The lowest BCUT2D eigenvalue weighted by atomic mass is 9.99. The number of nitrogens with zero attached hydrogens (tertiary/aromatic N) is 1. The number of methoxy groups -OCH3 is 1. The highest BCUT2D eigenvalue weighted by Crippen LogP contribution is 2.36. The van der Waals surface area contributed by atoms with Gasteiger partial charge in [-0.2, -0.15) is 0 Å². The summed E-state index contributed by atoms with van der Waals surface area (Å²) in [5.74, 6) is -0.341. The predicted molar refractivity (Wildman–Crippen MR) is 115 cm³/mol. The number of esters is 1. The lowest BCUT2D eigenvalue weighted by Gasteiger charge is -2.18. The number of allylic oxidation sites excluding steroid dienone is 1. The van der Waals surface area contributed by atoms with Crippen LogP contribution in [0, 0.1) is 0 Å². The number of hydrogen-bond acceptors (Lipinski definition) is 3. The number of carbonyl (C=O) groups excluding carboxylic acids is 2. The maximum absolute atomic E-state index is 13.2. The fourth-order valence-electron chi connectivity index (χ4n) is 3.25. The van der Waals surface area contributed by atoms with Gasteiger partial charge in [0.15, 0.2) is 0 Å². The lowest BCUT2D eigenvalue weighted by Crippen LogP contribution is -2.24. The normalized spacial score (nSPS) is 15.7.